The molecule has 0 amide bonds. The van der Waals surface area contributed by atoms with Crippen molar-refractivity contribution in [1.29, 1.82) is 0 Å². The lowest BCUT2D eigenvalue weighted by Crippen LogP contribution is -2.36. The highest BCUT2D eigenvalue weighted by Gasteiger charge is 2.34. The van der Waals surface area contributed by atoms with Crippen LogP contribution in [0.2, 0.25) is 0 Å². The van der Waals surface area contributed by atoms with E-state index in [1.807, 2.05) is 17.7 Å². The van der Waals surface area contributed by atoms with Crippen molar-refractivity contribution in [3.63, 3.8) is 0 Å². The van der Waals surface area contributed by atoms with Crippen LogP contribution in [0, 0.1) is 5.92 Å². The summed E-state index contributed by atoms with van der Waals surface area (Å²) in [6, 6.07) is 0.969. The Labute approximate surface area is 168 Å². The maximum atomic E-state index is 12.7. The van der Waals surface area contributed by atoms with Gasteiger partial charge in [0.2, 0.25) is 0 Å². The smallest absolute Gasteiger partial charge is 0.389 e. The zero-order valence-corrected chi connectivity index (χ0v) is 17.3. The minimum Gasteiger partial charge on any atom is -0.395 e. The average Bonchev–Trinajstić information content (AvgIpc) is 2.95. The number of hydrogen-bond donors (Lipinski definition) is 2. The van der Waals surface area contributed by atoms with Crippen LogP contribution in [-0.2, 0) is 12.5 Å². The van der Waals surface area contributed by atoms with Crippen LogP contribution in [0.25, 0.3) is 11.2 Å². The van der Waals surface area contributed by atoms with E-state index in [4.69, 9.17) is 10.8 Å². The third-order valence-electron chi connectivity index (χ3n) is 5.08. The summed E-state index contributed by atoms with van der Waals surface area (Å²) in [4.78, 5) is 21.2. The summed E-state index contributed by atoms with van der Waals surface area (Å²) in [7, 11) is 1.86. The molecule has 0 aliphatic heterocycles. The summed E-state index contributed by atoms with van der Waals surface area (Å²) >= 11 is 0. The van der Waals surface area contributed by atoms with Crippen molar-refractivity contribution in [2.45, 2.75) is 64.1 Å². The SMILES string of the molecule is Cn1c(C(C)(C)C)cc2ncc(C(=O)CCC[C@@H](CC(F)(F)F)[C@@H](N)CO)nc21. The Balaban J connectivity index is 2.08. The molecule has 0 fully saturated rings. The molecule has 2 aromatic rings. The van der Waals surface area contributed by atoms with E-state index in [0.717, 1.165) is 5.69 Å². The number of carbonyl (C=O) groups is 1. The second-order valence-corrected chi connectivity index (χ2v) is 8.54. The molecule has 2 aromatic heterocycles. The number of hydrogen-bond acceptors (Lipinski definition) is 5. The van der Waals surface area contributed by atoms with E-state index in [-0.39, 0.29) is 36.2 Å². The average molecular weight is 414 g/mol. The predicted octanol–water partition coefficient (Wildman–Crippen LogP) is 3.51. The van der Waals surface area contributed by atoms with E-state index < -0.39 is 31.2 Å². The molecule has 0 radical (unpaired) electrons. The van der Waals surface area contributed by atoms with E-state index in [1.165, 1.54) is 6.20 Å². The van der Waals surface area contributed by atoms with Gasteiger partial charge in [-0.05, 0) is 24.8 Å². The zero-order valence-electron chi connectivity index (χ0n) is 17.3. The monoisotopic (exact) mass is 414 g/mol. The van der Waals surface area contributed by atoms with Crippen molar-refractivity contribution in [3.05, 3.63) is 23.7 Å². The predicted molar refractivity (Wildman–Crippen MR) is 105 cm³/mol. The number of aliphatic hydroxyl groups excluding tert-OH is 1. The number of nitrogens with zero attached hydrogens (tertiary/aromatic N) is 3. The molecule has 0 saturated carbocycles. The lowest BCUT2D eigenvalue weighted by molar-refractivity contribution is -0.147. The van der Waals surface area contributed by atoms with Gasteiger partial charge in [0.05, 0.1) is 12.8 Å². The number of halogens is 3. The Kier molecular flexibility index (Phi) is 7.06. The second kappa shape index (κ2) is 8.79. The first-order chi connectivity index (χ1) is 13.3. The Bertz CT molecular complexity index is 856. The van der Waals surface area contributed by atoms with Crippen LogP contribution in [0.4, 0.5) is 13.2 Å². The van der Waals surface area contributed by atoms with Crippen LogP contribution in [0.3, 0.4) is 0 Å². The van der Waals surface area contributed by atoms with Crippen molar-refractivity contribution in [2.24, 2.45) is 18.7 Å². The molecular formula is C20H29F3N4O2. The van der Waals surface area contributed by atoms with Crippen LogP contribution in [0.15, 0.2) is 12.3 Å². The van der Waals surface area contributed by atoms with Crippen molar-refractivity contribution in [2.75, 3.05) is 6.61 Å². The van der Waals surface area contributed by atoms with Gasteiger partial charge in [-0.15, -0.1) is 0 Å². The second-order valence-electron chi connectivity index (χ2n) is 8.54. The van der Waals surface area contributed by atoms with Gasteiger partial charge >= 0.3 is 6.18 Å². The highest BCUT2D eigenvalue weighted by atomic mass is 19.4. The Morgan fingerprint density at radius 1 is 1.31 bits per heavy atom. The zero-order chi connectivity index (χ0) is 22.0. The summed E-state index contributed by atoms with van der Waals surface area (Å²) in [6.07, 6.45) is -3.66. The molecule has 2 rings (SSSR count). The summed E-state index contributed by atoms with van der Waals surface area (Å²) in [5.41, 5.74) is 8.01. The number of ketones is 1. The quantitative estimate of drug-likeness (QED) is 0.645. The standard InChI is InChI=1S/C20H29F3N4O2/c1-19(2,3)17-8-14-18(27(17)4)26-15(10-25-14)16(29)7-5-6-12(13(24)11-28)9-20(21,22)23/h8,10,12-13,28H,5-7,9,11,24H2,1-4H3/t12-,13-/m0/s1. The highest BCUT2D eigenvalue weighted by Crippen LogP contribution is 2.30. The number of carbonyl (C=O) groups excluding carboxylic acids is 1. The molecule has 0 aliphatic rings. The molecule has 0 bridgehead atoms. The van der Waals surface area contributed by atoms with E-state index in [1.54, 1.807) is 0 Å². The number of aryl methyl sites for hydroxylation is 1. The molecule has 0 aliphatic carbocycles. The Morgan fingerprint density at radius 2 is 1.97 bits per heavy atom. The van der Waals surface area contributed by atoms with Crippen LogP contribution >= 0.6 is 0 Å². The van der Waals surface area contributed by atoms with Gasteiger partial charge in [0, 0.05) is 37.0 Å². The number of Topliss-reactive ketones (excluding diaryl/α,β-unsaturated/α-hetero) is 1. The molecule has 2 heterocycles. The van der Waals surface area contributed by atoms with Crippen molar-refractivity contribution in [1.82, 2.24) is 14.5 Å². The molecule has 9 heteroatoms. The normalized spacial score (nSPS) is 14.9. The first kappa shape index (κ1) is 23.3. The molecule has 0 aromatic carbocycles. The highest BCUT2D eigenvalue weighted by molar-refractivity contribution is 5.95. The third kappa shape index (κ3) is 5.99. The van der Waals surface area contributed by atoms with Gasteiger partial charge in [-0.1, -0.05) is 20.8 Å². The van der Waals surface area contributed by atoms with Crippen LogP contribution < -0.4 is 5.73 Å². The molecular weight excluding hydrogens is 385 g/mol. The Morgan fingerprint density at radius 3 is 2.52 bits per heavy atom. The number of nitrogens with two attached hydrogens (primary N) is 1. The maximum Gasteiger partial charge on any atom is 0.389 e. The summed E-state index contributed by atoms with van der Waals surface area (Å²) in [5, 5.41) is 9.09. The fourth-order valence-corrected chi connectivity index (χ4v) is 3.50. The van der Waals surface area contributed by atoms with Gasteiger partial charge in [0.1, 0.15) is 11.2 Å². The molecule has 6 nitrogen and oxygen atoms in total. The lowest BCUT2D eigenvalue weighted by Gasteiger charge is -2.23. The summed E-state index contributed by atoms with van der Waals surface area (Å²) < 4.78 is 40.0. The van der Waals surface area contributed by atoms with E-state index in [9.17, 15) is 18.0 Å². The fraction of sp³-hybridized carbons (Fsp3) is 0.650. The lowest BCUT2D eigenvalue weighted by atomic mass is 9.90. The molecule has 29 heavy (non-hydrogen) atoms. The minimum absolute atomic E-state index is 0.0449. The molecule has 0 spiro atoms. The van der Waals surface area contributed by atoms with Crippen LogP contribution in [0.5, 0.6) is 0 Å². The molecule has 3 N–H and O–H groups in total. The van der Waals surface area contributed by atoms with Gasteiger partial charge in [-0.25, -0.2) is 4.98 Å². The molecule has 162 valence electrons. The molecule has 0 unspecified atom stereocenters. The van der Waals surface area contributed by atoms with Gasteiger partial charge in [0.25, 0.3) is 0 Å². The molecule has 2 atom stereocenters. The van der Waals surface area contributed by atoms with Gasteiger partial charge in [-0.2, -0.15) is 13.2 Å². The summed E-state index contributed by atoms with van der Waals surface area (Å²) in [6.45, 7) is 5.69. The van der Waals surface area contributed by atoms with E-state index >= 15 is 0 Å². The van der Waals surface area contributed by atoms with Crippen molar-refractivity contribution >= 4 is 16.9 Å². The summed E-state index contributed by atoms with van der Waals surface area (Å²) in [5.74, 6) is -1.20. The minimum atomic E-state index is -4.37. The third-order valence-corrected chi connectivity index (χ3v) is 5.08. The van der Waals surface area contributed by atoms with Crippen molar-refractivity contribution in [3.8, 4) is 0 Å². The van der Waals surface area contributed by atoms with E-state index in [0.29, 0.717) is 11.2 Å². The number of fused-ring (bicyclic) bond motifs is 1. The topological polar surface area (TPSA) is 94.0 Å². The van der Waals surface area contributed by atoms with Crippen molar-refractivity contribution < 1.29 is 23.1 Å². The first-order valence-corrected chi connectivity index (χ1v) is 9.63. The fourth-order valence-electron chi connectivity index (χ4n) is 3.50. The number of alkyl halides is 3. The van der Waals surface area contributed by atoms with Gasteiger partial charge < -0.3 is 15.4 Å². The largest absolute Gasteiger partial charge is 0.395 e. The number of aromatic nitrogens is 3. The van der Waals surface area contributed by atoms with Crippen LogP contribution in [0.1, 0.15) is 62.6 Å². The molecule has 0 saturated heterocycles. The number of rotatable bonds is 8. The van der Waals surface area contributed by atoms with Gasteiger partial charge in [0.15, 0.2) is 11.4 Å². The van der Waals surface area contributed by atoms with E-state index in [2.05, 4.69) is 30.7 Å². The Hall–Kier alpha value is -2.00. The number of aliphatic hydroxyl groups is 1. The van der Waals surface area contributed by atoms with Gasteiger partial charge in [-0.3, -0.25) is 9.78 Å². The maximum absolute atomic E-state index is 12.7. The van der Waals surface area contributed by atoms with Crippen LogP contribution in [-0.4, -0.2) is 44.2 Å². The first-order valence-electron chi connectivity index (χ1n) is 9.63.